The molecule has 1 aliphatic rings. The van der Waals surface area contributed by atoms with Gasteiger partial charge >= 0.3 is 6.09 Å². The Kier molecular flexibility index (Phi) is 9.04. The standard InChI is InChI=1S/C19H29ClN4O3/c1-3-21-18(22-11-14-27-17-8-6-5-7-16(17)20)23-15-9-12-24(13-10-15)19(25)26-4-2/h5-8,15H,3-4,9-14H2,1-2H3,(H2,21,22,23). The van der Waals surface area contributed by atoms with Gasteiger partial charge in [-0.25, -0.2) is 9.79 Å². The molecule has 1 heterocycles. The van der Waals surface area contributed by atoms with Crippen LogP contribution in [0.1, 0.15) is 26.7 Å². The SMILES string of the molecule is CCNC(=NCCOc1ccccc1Cl)NC1CCN(C(=O)OCC)CC1. The Morgan fingerprint density at radius 1 is 1.30 bits per heavy atom. The highest BCUT2D eigenvalue weighted by atomic mass is 35.5. The Morgan fingerprint density at radius 3 is 2.70 bits per heavy atom. The molecule has 0 spiro atoms. The van der Waals surface area contributed by atoms with Crippen LogP contribution in [0, 0.1) is 0 Å². The van der Waals surface area contributed by atoms with Crippen LogP contribution < -0.4 is 15.4 Å². The van der Waals surface area contributed by atoms with Crippen molar-refractivity contribution >= 4 is 23.7 Å². The first-order chi connectivity index (χ1) is 13.1. The number of nitrogens with one attached hydrogen (secondary N) is 2. The molecule has 0 aromatic heterocycles. The summed E-state index contributed by atoms with van der Waals surface area (Å²) in [5.74, 6) is 1.42. The summed E-state index contributed by atoms with van der Waals surface area (Å²) in [5.41, 5.74) is 0. The summed E-state index contributed by atoms with van der Waals surface area (Å²) in [4.78, 5) is 18.1. The van der Waals surface area contributed by atoms with Crippen LogP contribution in [0.4, 0.5) is 4.79 Å². The Balaban J connectivity index is 1.77. The number of ether oxygens (including phenoxy) is 2. The summed E-state index contributed by atoms with van der Waals surface area (Å²) in [6.45, 7) is 7.37. The van der Waals surface area contributed by atoms with Crippen molar-refractivity contribution in [2.24, 2.45) is 4.99 Å². The van der Waals surface area contributed by atoms with Crippen molar-refractivity contribution < 1.29 is 14.3 Å². The van der Waals surface area contributed by atoms with Gasteiger partial charge < -0.3 is 25.0 Å². The highest BCUT2D eigenvalue weighted by Crippen LogP contribution is 2.22. The zero-order valence-corrected chi connectivity index (χ0v) is 16.8. The van der Waals surface area contributed by atoms with E-state index in [1.807, 2.05) is 32.0 Å². The molecule has 27 heavy (non-hydrogen) atoms. The molecular formula is C19H29ClN4O3. The van der Waals surface area contributed by atoms with Gasteiger partial charge in [-0.05, 0) is 38.8 Å². The number of piperidine rings is 1. The van der Waals surface area contributed by atoms with Crippen LogP contribution in [0.15, 0.2) is 29.3 Å². The first-order valence-corrected chi connectivity index (χ1v) is 9.85. The maximum atomic E-state index is 11.8. The number of nitrogens with zero attached hydrogens (tertiary/aromatic N) is 2. The van der Waals surface area contributed by atoms with Crippen LogP contribution in [0.5, 0.6) is 5.75 Å². The van der Waals surface area contributed by atoms with Crippen LogP contribution in [-0.4, -0.2) is 62.4 Å². The number of amides is 1. The zero-order valence-electron chi connectivity index (χ0n) is 16.0. The third-order valence-corrected chi connectivity index (χ3v) is 4.47. The summed E-state index contributed by atoms with van der Waals surface area (Å²) >= 11 is 6.08. The second kappa shape index (κ2) is 11.5. The molecular weight excluding hydrogens is 368 g/mol. The lowest BCUT2D eigenvalue weighted by Crippen LogP contribution is -2.50. The summed E-state index contributed by atoms with van der Waals surface area (Å²) in [6, 6.07) is 7.67. The number of carbonyl (C=O) groups excluding carboxylic acids is 1. The first-order valence-electron chi connectivity index (χ1n) is 9.47. The molecule has 1 aliphatic heterocycles. The quantitative estimate of drug-likeness (QED) is 0.421. The van der Waals surface area contributed by atoms with E-state index in [2.05, 4.69) is 15.6 Å². The Morgan fingerprint density at radius 2 is 2.04 bits per heavy atom. The van der Waals surface area contributed by atoms with Crippen LogP contribution in [0.3, 0.4) is 0 Å². The van der Waals surface area contributed by atoms with E-state index in [0.717, 1.165) is 25.3 Å². The molecule has 0 aliphatic carbocycles. The van der Waals surface area contributed by atoms with Gasteiger partial charge in [-0.15, -0.1) is 0 Å². The molecule has 0 radical (unpaired) electrons. The van der Waals surface area contributed by atoms with Gasteiger partial charge in [-0.3, -0.25) is 0 Å². The minimum absolute atomic E-state index is 0.228. The molecule has 2 rings (SSSR count). The molecule has 0 bridgehead atoms. The fourth-order valence-electron chi connectivity index (χ4n) is 2.81. The average Bonchev–Trinajstić information content (AvgIpc) is 2.67. The number of hydrogen-bond acceptors (Lipinski definition) is 4. The van der Waals surface area contributed by atoms with E-state index in [1.165, 1.54) is 0 Å². The largest absolute Gasteiger partial charge is 0.490 e. The van der Waals surface area contributed by atoms with Crippen molar-refractivity contribution in [1.29, 1.82) is 0 Å². The van der Waals surface area contributed by atoms with Crippen molar-refractivity contribution in [2.75, 3.05) is 39.4 Å². The number of rotatable bonds is 7. The minimum Gasteiger partial charge on any atom is -0.490 e. The number of halogens is 1. The number of hydrogen-bond donors (Lipinski definition) is 2. The topological polar surface area (TPSA) is 75.2 Å². The van der Waals surface area contributed by atoms with Gasteiger partial charge in [0.05, 0.1) is 18.2 Å². The molecule has 0 unspecified atom stereocenters. The number of aliphatic imine (C=N–C) groups is 1. The van der Waals surface area contributed by atoms with Crippen molar-refractivity contribution in [3.8, 4) is 5.75 Å². The maximum absolute atomic E-state index is 11.8. The normalized spacial score (nSPS) is 15.4. The summed E-state index contributed by atoms with van der Waals surface area (Å²) in [6.07, 6.45) is 1.49. The molecule has 1 aromatic rings. The molecule has 8 heteroatoms. The van der Waals surface area contributed by atoms with Crippen molar-refractivity contribution in [1.82, 2.24) is 15.5 Å². The molecule has 7 nitrogen and oxygen atoms in total. The summed E-state index contributed by atoms with van der Waals surface area (Å²) in [7, 11) is 0. The van der Waals surface area contributed by atoms with Gasteiger partial charge in [0.15, 0.2) is 5.96 Å². The number of carbonyl (C=O) groups is 1. The molecule has 150 valence electrons. The second-order valence-electron chi connectivity index (χ2n) is 6.14. The Bertz CT molecular complexity index is 619. The maximum Gasteiger partial charge on any atom is 0.409 e. The molecule has 0 saturated carbocycles. The van der Waals surface area contributed by atoms with E-state index < -0.39 is 0 Å². The fraction of sp³-hybridized carbons (Fsp3) is 0.579. The molecule has 1 saturated heterocycles. The van der Waals surface area contributed by atoms with Crippen LogP contribution in [0.2, 0.25) is 5.02 Å². The number of likely N-dealkylation sites (tertiary alicyclic amines) is 1. The fourth-order valence-corrected chi connectivity index (χ4v) is 3.00. The first kappa shape index (κ1) is 21.2. The molecule has 0 atom stereocenters. The molecule has 2 N–H and O–H groups in total. The van der Waals surface area contributed by atoms with Gasteiger partial charge in [-0.2, -0.15) is 0 Å². The third kappa shape index (κ3) is 7.17. The van der Waals surface area contributed by atoms with Crippen LogP contribution in [-0.2, 0) is 4.74 Å². The van der Waals surface area contributed by atoms with Crippen LogP contribution in [0.25, 0.3) is 0 Å². The predicted octanol–water partition coefficient (Wildman–Crippen LogP) is 2.89. The van der Waals surface area contributed by atoms with E-state index >= 15 is 0 Å². The van der Waals surface area contributed by atoms with Crippen molar-refractivity contribution in [2.45, 2.75) is 32.7 Å². The van der Waals surface area contributed by atoms with E-state index in [9.17, 15) is 4.79 Å². The number of para-hydroxylation sites is 1. The lowest BCUT2D eigenvalue weighted by Gasteiger charge is -2.32. The van der Waals surface area contributed by atoms with Gasteiger partial charge in [-0.1, -0.05) is 23.7 Å². The Labute approximate surface area is 166 Å². The van der Waals surface area contributed by atoms with Gasteiger partial charge in [0.1, 0.15) is 12.4 Å². The van der Waals surface area contributed by atoms with E-state index in [-0.39, 0.29) is 12.1 Å². The van der Waals surface area contributed by atoms with Crippen molar-refractivity contribution in [3.05, 3.63) is 29.3 Å². The monoisotopic (exact) mass is 396 g/mol. The van der Waals surface area contributed by atoms with E-state index in [0.29, 0.717) is 43.6 Å². The molecule has 1 amide bonds. The smallest absolute Gasteiger partial charge is 0.409 e. The van der Waals surface area contributed by atoms with Gasteiger partial charge in [0.2, 0.25) is 0 Å². The average molecular weight is 397 g/mol. The van der Waals surface area contributed by atoms with Gasteiger partial charge in [0, 0.05) is 25.7 Å². The summed E-state index contributed by atoms with van der Waals surface area (Å²) < 4.78 is 10.7. The summed E-state index contributed by atoms with van der Waals surface area (Å²) in [5, 5.41) is 7.28. The lowest BCUT2D eigenvalue weighted by molar-refractivity contribution is 0.0963. The third-order valence-electron chi connectivity index (χ3n) is 4.16. The molecule has 1 aromatic carbocycles. The van der Waals surface area contributed by atoms with Crippen molar-refractivity contribution in [3.63, 3.8) is 0 Å². The lowest BCUT2D eigenvalue weighted by atomic mass is 10.1. The number of benzene rings is 1. The minimum atomic E-state index is -0.228. The van der Waals surface area contributed by atoms with E-state index in [1.54, 1.807) is 11.0 Å². The highest BCUT2D eigenvalue weighted by Gasteiger charge is 2.23. The number of guanidine groups is 1. The van der Waals surface area contributed by atoms with Crippen LogP contribution >= 0.6 is 11.6 Å². The Hall–Kier alpha value is -2.15. The van der Waals surface area contributed by atoms with Gasteiger partial charge in [0.25, 0.3) is 0 Å². The second-order valence-corrected chi connectivity index (χ2v) is 6.55. The zero-order chi connectivity index (χ0) is 19.5. The highest BCUT2D eigenvalue weighted by molar-refractivity contribution is 6.32. The molecule has 1 fully saturated rings. The predicted molar refractivity (Wildman–Crippen MR) is 108 cm³/mol. The van der Waals surface area contributed by atoms with E-state index in [4.69, 9.17) is 21.1 Å².